The van der Waals surface area contributed by atoms with E-state index in [-0.39, 0.29) is 18.8 Å². The van der Waals surface area contributed by atoms with E-state index >= 15 is 0 Å². The monoisotopic (exact) mass is 645 g/mol. The Bertz CT molecular complexity index is 2200. The Morgan fingerprint density at radius 3 is 2.45 bits per heavy atom. The van der Waals surface area contributed by atoms with Gasteiger partial charge in [-0.2, -0.15) is 5.26 Å². The first-order valence-electron chi connectivity index (χ1n) is 14.7. The molecule has 0 amide bonds. The zero-order chi connectivity index (χ0) is 32.9. The lowest BCUT2D eigenvalue weighted by Crippen LogP contribution is -2.40. The summed E-state index contributed by atoms with van der Waals surface area (Å²) in [4.78, 5) is 33.1. The van der Waals surface area contributed by atoms with Crippen molar-refractivity contribution in [3.05, 3.63) is 156 Å². The Balaban J connectivity index is 1.53. The van der Waals surface area contributed by atoms with E-state index in [0.29, 0.717) is 48.8 Å². The predicted octanol–water partition coefficient (Wildman–Crippen LogP) is 5.53. The van der Waals surface area contributed by atoms with Crippen molar-refractivity contribution in [1.29, 1.82) is 5.26 Å². The minimum atomic E-state index is -0.930. The van der Waals surface area contributed by atoms with Gasteiger partial charge < -0.3 is 14.2 Å². The van der Waals surface area contributed by atoms with E-state index in [1.165, 1.54) is 35.1 Å². The zero-order valence-corrected chi connectivity index (χ0v) is 26.3. The maximum absolute atomic E-state index is 14.3. The Morgan fingerprint density at radius 2 is 1.77 bits per heavy atom. The molecule has 0 radical (unpaired) electrons. The quantitative estimate of drug-likeness (QED) is 0.195. The molecule has 0 N–H and O–H groups in total. The number of benzene rings is 4. The standard InChI is InChI=1S/C37H28FN3O5S/c1-3-45-36(43)31-32(25-8-5-4-6-9-25)40-37-41(33(31)26-16-18-28(38)19-17-26)35(42)30(47-37)20-27-10-7-11-29(44-2)34(27)46-22-24-14-12-23(21-39)13-15-24/h4-20,33H,3,22H2,1-2H3/b30-20-/t33-/m0/s1. The third-order valence-corrected chi connectivity index (χ3v) is 8.52. The third-order valence-electron chi connectivity index (χ3n) is 7.54. The van der Waals surface area contributed by atoms with Crippen LogP contribution < -0.4 is 24.4 Å². The van der Waals surface area contributed by atoms with Crippen molar-refractivity contribution in [2.75, 3.05) is 13.7 Å². The summed E-state index contributed by atoms with van der Waals surface area (Å²) >= 11 is 1.17. The minimum absolute atomic E-state index is 0.117. The van der Waals surface area contributed by atoms with Crippen molar-refractivity contribution in [3.63, 3.8) is 0 Å². The van der Waals surface area contributed by atoms with Gasteiger partial charge in [-0.05, 0) is 54.5 Å². The van der Waals surface area contributed by atoms with Crippen molar-refractivity contribution in [2.45, 2.75) is 19.6 Å². The van der Waals surface area contributed by atoms with Gasteiger partial charge in [-0.1, -0.05) is 78.1 Å². The molecule has 0 unspecified atom stereocenters. The second-order valence-corrected chi connectivity index (χ2v) is 11.5. The lowest BCUT2D eigenvalue weighted by Gasteiger charge is -2.25. The highest BCUT2D eigenvalue weighted by molar-refractivity contribution is 7.07. The van der Waals surface area contributed by atoms with Crippen LogP contribution in [-0.4, -0.2) is 24.3 Å². The summed E-state index contributed by atoms with van der Waals surface area (Å²) in [6.07, 6.45) is 1.71. The molecule has 0 saturated carbocycles. The van der Waals surface area contributed by atoms with Gasteiger partial charge in [0.05, 0.1) is 47.2 Å². The smallest absolute Gasteiger partial charge is 0.338 e. The molecule has 0 fully saturated rings. The highest BCUT2D eigenvalue weighted by Crippen LogP contribution is 2.36. The normalized spacial score (nSPS) is 14.2. The van der Waals surface area contributed by atoms with Crippen LogP contribution in [0.15, 0.2) is 112 Å². The summed E-state index contributed by atoms with van der Waals surface area (Å²) in [5.74, 6) is -0.166. The number of halogens is 1. The van der Waals surface area contributed by atoms with Crippen LogP contribution in [0.5, 0.6) is 11.5 Å². The van der Waals surface area contributed by atoms with Crippen molar-refractivity contribution >= 4 is 29.1 Å². The molecular formula is C37H28FN3O5S. The number of para-hydroxylation sites is 1. The number of esters is 1. The molecule has 4 aromatic carbocycles. The maximum Gasteiger partial charge on any atom is 0.338 e. The van der Waals surface area contributed by atoms with Gasteiger partial charge in [-0.15, -0.1) is 0 Å². The summed E-state index contributed by atoms with van der Waals surface area (Å²) in [5.41, 5.74) is 3.34. The number of nitrogens with zero attached hydrogens (tertiary/aromatic N) is 3. The molecule has 0 spiro atoms. The Hall–Kier alpha value is -5.79. The van der Waals surface area contributed by atoms with E-state index in [0.717, 1.165) is 5.56 Å². The van der Waals surface area contributed by atoms with Crippen LogP contribution in [0.25, 0.3) is 11.8 Å². The number of nitriles is 1. The molecule has 47 heavy (non-hydrogen) atoms. The Labute approximate surface area is 273 Å². The fourth-order valence-corrected chi connectivity index (χ4v) is 6.33. The van der Waals surface area contributed by atoms with E-state index < -0.39 is 23.4 Å². The van der Waals surface area contributed by atoms with Crippen LogP contribution in [0.3, 0.4) is 0 Å². The number of fused-ring (bicyclic) bond motifs is 1. The second kappa shape index (κ2) is 13.7. The summed E-state index contributed by atoms with van der Waals surface area (Å²) < 4.78 is 33.2. The number of aromatic nitrogens is 1. The summed E-state index contributed by atoms with van der Waals surface area (Å²) in [7, 11) is 1.53. The summed E-state index contributed by atoms with van der Waals surface area (Å²) in [6.45, 7) is 2.02. The van der Waals surface area contributed by atoms with Gasteiger partial charge >= 0.3 is 5.97 Å². The van der Waals surface area contributed by atoms with Crippen LogP contribution in [0.2, 0.25) is 0 Å². The topological polar surface area (TPSA) is 103 Å². The maximum atomic E-state index is 14.3. The molecule has 1 aliphatic rings. The number of thiazole rings is 1. The lowest BCUT2D eigenvalue weighted by molar-refractivity contribution is -0.138. The Morgan fingerprint density at radius 1 is 1.02 bits per heavy atom. The molecule has 2 heterocycles. The zero-order valence-electron chi connectivity index (χ0n) is 25.5. The molecule has 0 aliphatic carbocycles. The second-order valence-electron chi connectivity index (χ2n) is 10.5. The van der Waals surface area contributed by atoms with Crippen molar-refractivity contribution in [1.82, 2.24) is 4.57 Å². The molecule has 1 aliphatic heterocycles. The molecule has 5 aromatic rings. The van der Waals surface area contributed by atoms with Gasteiger partial charge in [0.2, 0.25) is 0 Å². The van der Waals surface area contributed by atoms with Crippen LogP contribution in [0.4, 0.5) is 4.39 Å². The number of hydrogen-bond donors (Lipinski definition) is 0. The highest BCUT2D eigenvalue weighted by Gasteiger charge is 2.35. The molecule has 234 valence electrons. The number of rotatable bonds is 9. The number of carbonyl (C=O) groups excluding carboxylic acids is 1. The fraction of sp³-hybridized carbons (Fsp3) is 0.135. The van der Waals surface area contributed by atoms with Crippen LogP contribution in [0, 0.1) is 17.1 Å². The van der Waals surface area contributed by atoms with Gasteiger partial charge in [0, 0.05) is 11.1 Å². The van der Waals surface area contributed by atoms with E-state index in [1.54, 1.807) is 49.4 Å². The van der Waals surface area contributed by atoms with Gasteiger partial charge in [0.1, 0.15) is 12.4 Å². The third kappa shape index (κ3) is 6.34. The molecule has 0 saturated heterocycles. The van der Waals surface area contributed by atoms with Crippen molar-refractivity contribution in [3.8, 4) is 17.6 Å². The van der Waals surface area contributed by atoms with Crippen molar-refractivity contribution < 1.29 is 23.4 Å². The molecule has 10 heteroatoms. The predicted molar refractivity (Wildman–Crippen MR) is 176 cm³/mol. The molecule has 1 atom stereocenters. The molecule has 6 rings (SSSR count). The first kappa shape index (κ1) is 31.2. The van der Waals surface area contributed by atoms with Crippen molar-refractivity contribution in [2.24, 2.45) is 4.99 Å². The minimum Gasteiger partial charge on any atom is -0.493 e. The number of methoxy groups -OCH3 is 1. The van der Waals surface area contributed by atoms with E-state index in [9.17, 15) is 14.0 Å². The molecular weight excluding hydrogens is 617 g/mol. The first-order valence-corrected chi connectivity index (χ1v) is 15.6. The SMILES string of the molecule is CCOC(=O)C1=C(c2ccccc2)N=c2s/c(=C\c3cccc(OC)c3OCc3ccc(C#N)cc3)c(=O)n2[C@H]1c1ccc(F)cc1. The number of hydrogen-bond acceptors (Lipinski definition) is 8. The molecule has 0 bridgehead atoms. The summed E-state index contributed by atoms with van der Waals surface area (Å²) in [5, 5.41) is 9.12. The van der Waals surface area contributed by atoms with Crippen LogP contribution >= 0.6 is 11.3 Å². The van der Waals surface area contributed by atoms with Gasteiger partial charge in [0.15, 0.2) is 16.3 Å². The van der Waals surface area contributed by atoms with Gasteiger partial charge in [0.25, 0.3) is 5.56 Å². The average molecular weight is 646 g/mol. The van der Waals surface area contributed by atoms with E-state index in [4.69, 9.17) is 24.5 Å². The van der Waals surface area contributed by atoms with Crippen LogP contribution in [-0.2, 0) is 16.1 Å². The largest absolute Gasteiger partial charge is 0.493 e. The van der Waals surface area contributed by atoms with Gasteiger partial charge in [-0.25, -0.2) is 14.2 Å². The number of carbonyl (C=O) groups is 1. The average Bonchev–Trinajstić information content (AvgIpc) is 3.41. The Kier molecular flexibility index (Phi) is 9.09. The van der Waals surface area contributed by atoms with E-state index in [2.05, 4.69) is 6.07 Å². The summed E-state index contributed by atoms with van der Waals surface area (Å²) in [6, 6.07) is 28.5. The first-order chi connectivity index (χ1) is 22.9. The lowest BCUT2D eigenvalue weighted by atomic mass is 9.93. The highest BCUT2D eigenvalue weighted by atomic mass is 32.1. The fourth-order valence-electron chi connectivity index (χ4n) is 5.33. The van der Waals surface area contributed by atoms with Crippen LogP contribution in [0.1, 0.15) is 40.8 Å². The number of ether oxygens (including phenoxy) is 3. The van der Waals surface area contributed by atoms with E-state index in [1.807, 2.05) is 48.5 Å². The molecule has 8 nitrogen and oxygen atoms in total. The van der Waals surface area contributed by atoms with Gasteiger partial charge in [-0.3, -0.25) is 9.36 Å². The molecule has 1 aromatic heterocycles.